The first-order chi connectivity index (χ1) is 15.1. The predicted octanol–water partition coefficient (Wildman–Crippen LogP) is 4.05. The van der Waals surface area contributed by atoms with E-state index in [0.29, 0.717) is 18.0 Å². The lowest BCUT2D eigenvalue weighted by molar-refractivity contribution is -0.131. The van der Waals surface area contributed by atoms with E-state index < -0.39 is 6.03 Å². The zero-order chi connectivity index (χ0) is 21.8. The van der Waals surface area contributed by atoms with Gasteiger partial charge in [0.25, 0.3) is 0 Å². The van der Waals surface area contributed by atoms with Crippen molar-refractivity contribution in [1.29, 1.82) is 0 Å². The van der Waals surface area contributed by atoms with E-state index in [2.05, 4.69) is 5.32 Å². The Balaban J connectivity index is 1.47. The van der Waals surface area contributed by atoms with Crippen LogP contribution in [0.5, 0.6) is 11.5 Å². The molecule has 4 rings (SSSR count). The van der Waals surface area contributed by atoms with Crippen LogP contribution in [0.25, 0.3) is 0 Å². The summed E-state index contributed by atoms with van der Waals surface area (Å²) in [5.41, 5.74) is 1.90. The number of nitrogens with one attached hydrogen (secondary N) is 1. The molecule has 1 unspecified atom stereocenters. The molecule has 2 aromatic carbocycles. The number of methoxy groups -OCH3 is 1. The third-order valence-electron chi connectivity index (χ3n) is 6.02. The largest absolute Gasteiger partial charge is 0.493 e. The lowest BCUT2D eigenvalue weighted by Gasteiger charge is -2.27. The van der Waals surface area contributed by atoms with Gasteiger partial charge in [0.15, 0.2) is 11.5 Å². The molecule has 7 heteroatoms. The molecule has 1 atom stereocenters. The summed E-state index contributed by atoms with van der Waals surface area (Å²) in [6, 6.07) is 14.7. The lowest BCUT2D eigenvalue weighted by atomic mass is 10.0. The number of hydrazine groups is 1. The number of imide groups is 1. The van der Waals surface area contributed by atoms with Crippen LogP contribution < -0.4 is 14.8 Å². The van der Waals surface area contributed by atoms with Crippen molar-refractivity contribution in [2.45, 2.75) is 50.8 Å². The molecule has 7 nitrogen and oxygen atoms in total. The second-order valence-corrected chi connectivity index (χ2v) is 8.08. The van der Waals surface area contributed by atoms with Gasteiger partial charge in [-0.3, -0.25) is 4.79 Å². The SMILES string of the molecule is COc1ccc(C2CC(=O)N(C(=O)NCc3ccccc3)N2C)cc1OC1CCCC1. The highest BCUT2D eigenvalue weighted by Crippen LogP contribution is 2.38. The second kappa shape index (κ2) is 9.39. The van der Waals surface area contributed by atoms with Gasteiger partial charge < -0.3 is 14.8 Å². The fourth-order valence-electron chi connectivity index (χ4n) is 4.32. The highest BCUT2D eigenvalue weighted by Gasteiger charge is 2.40. The van der Waals surface area contributed by atoms with E-state index in [0.717, 1.165) is 24.0 Å². The van der Waals surface area contributed by atoms with Crippen LogP contribution in [0.2, 0.25) is 0 Å². The maximum absolute atomic E-state index is 12.7. The third-order valence-corrected chi connectivity index (χ3v) is 6.02. The highest BCUT2D eigenvalue weighted by molar-refractivity contribution is 5.95. The minimum atomic E-state index is -0.421. The standard InChI is InChI=1S/C24H29N3O4/c1-26-20(15-23(28)27(26)24(29)25-16-17-8-4-3-5-9-17)18-12-13-21(30-2)22(14-18)31-19-10-6-7-11-19/h3-5,8-9,12-14,19-20H,6-7,10-11,15-16H2,1-2H3,(H,25,29). The minimum absolute atomic E-state index is 0.201. The second-order valence-electron chi connectivity index (χ2n) is 8.08. The maximum Gasteiger partial charge on any atom is 0.339 e. The number of urea groups is 1. The Kier molecular flexibility index (Phi) is 6.42. The van der Waals surface area contributed by atoms with Gasteiger partial charge in [-0.1, -0.05) is 36.4 Å². The summed E-state index contributed by atoms with van der Waals surface area (Å²) >= 11 is 0. The van der Waals surface area contributed by atoms with Crippen LogP contribution in [0.3, 0.4) is 0 Å². The normalized spacial score (nSPS) is 19.6. The van der Waals surface area contributed by atoms with Crippen LogP contribution in [0.1, 0.15) is 49.3 Å². The lowest BCUT2D eigenvalue weighted by Crippen LogP contribution is -2.47. The molecular formula is C24H29N3O4. The number of rotatable bonds is 6. The van der Waals surface area contributed by atoms with Crippen LogP contribution in [-0.2, 0) is 11.3 Å². The topological polar surface area (TPSA) is 71.1 Å². The summed E-state index contributed by atoms with van der Waals surface area (Å²) in [7, 11) is 3.39. The first-order valence-electron chi connectivity index (χ1n) is 10.8. The van der Waals surface area contributed by atoms with Gasteiger partial charge in [-0.2, -0.15) is 5.01 Å². The number of carbonyl (C=O) groups excluding carboxylic acids is 2. The number of amides is 3. The van der Waals surface area contributed by atoms with Crippen molar-refractivity contribution in [3.63, 3.8) is 0 Å². The molecule has 0 bridgehead atoms. The van der Waals surface area contributed by atoms with E-state index in [4.69, 9.17) is 9.47 Å². The molecule has 2 aliphatic rings. The van der Waals surface area contributed by atoms with E-state index in [1.54, 1.807) is 19.2 Å². The van der Waals surface area contributed by atoms with Gasteiger partial charge >= 0.3 is 6.03 Å². The van der Waals surface area contributed by atoms with Crippen molar-refractivity contribution < 1.29 is 19.1 Å². The van der Waals surface area contributed by atoms with Gasteiger partial charge in [0, 0.05) is 13.6 Å². The Morgan fingerprint density at radius 1 is 1.10 bits per heavy atom. The number of hydrogen-bond acceptors (Lipinski definition) is 5. The van der Waals surface area contributed by atoms with E-state index in [-0.39, 0.29) is 24.5 Å². The molecule has 2 fully saturated rings. The van der Waals surface area contributed by atoms with Gasteiger partial charge in [0.05, 0.1) is 25.7 Å². The van der Waals surface area contributed by atoms with Gasteiger partial charge in [0.1, 0.15) is 0 Å². The van der Waals surface area contributed by atoms with Crippen molar-refractivity contribution in [3.05, 3.63) is 59.7 Å². The molecule has 0 spiro atoms. The first kappa shape index (κ1) is 21.2. The number of carbonyl (C=O) groups is 2. The first-order valence-corrected chi connectivity index (χ1v) is 10.8. The predicted molar refractivity (Wildman–Crippen MR) is 117 cm³/mol. The molecule has 31 heavy (non-hydrogen) atoms. The summed E-state index contributed by atoms with van der Waals surface area (Å²) in [6.45, 7) is 0.365. The van der Waals surface area contributed by atoms with E-state index in [1.807, 2.05) is 48.5 Å². The third kappa shape index (κ3) is 4.66. The van der Waals surface area contributed by atoms with Crippen molar-refractivity contribution >= 4 is 11.9 Å². The average Bonchev–Trinajstić information content (AvgIpc) is 3.40. The van der Waals surface area contributed by atoms with Crippen molar-refractivity contribution in [2.24, 2.45) is 0 Å². The molecule has 1 saturated heterocycles. The Morgan fingerprint density at radius 2 is 1.84 bits per heavy atom. The van der Waals surface area contributed by atoms with Crippen LogP contribution in [-0.4, -0.2) is 42.2 Å². The smallest absolute Gasteiger partial charge is 0.339 e. The Morgan fingerprint density at radius 3 is 2.55 bits per heavy atom. The fourth-order valence-corrected chi connectivity index (χ4v) is 4.32. The van der Waals surface area contributed by atoms with E-state index in [1.165, 1.54) is 17.9 Å². The van der Waals surface area contributed by atoms with Crippen molar-refractivity contribution in [2.75, 3.05) is 14.2 Å². The summed E-state index contributed by atoms with van der Waals surface area (Å²) in [4.78, 5) is 25.4. The van der Waals surface area contributed by atoms with Crippen LogP contribution in [0.15, 0.2) is 48.5 Å². The summed E-state index contributed by atoms with van der Waals surface area (Å²) in [6.07, 6.45) is 4.88. The molecule has 3 amide bonds. The molecule has 1 aliphatic carbocycles. The highest BCUT2D eigenvalue weighted by atomic mass is 16.5. The van der Waals surface area contributed by atoms with Gasteiger partial charge in [-0.15, -0.1) is 0 Å². The average molecular weight is 424 g/mol. The van der Waals surface area contributed by atoms with Crippen LogP contribution in [0, 0.1) is 0 Å². The zero-order valence-corrected chi connectivity index (χ0v) is 18.0. The molecule has 164 valence electrons. The number of ether oxygens (including phenoxy) is 2. The van der Waals surface area contributed by atoms with Crippen LogP contribution in [0.4, 0.5) is 4.79 Å². The zero-order valence-electron chi connectivity index (χ0n) is 18.0. The summed E-state index contributed by atoms with van der Waals surface area (Å²) < 4.78 is 11.7. The molecule has 0 radical (unpaired) electrons. The Bertz CT molecular complexity index is 928. The monoisotopic (exact) mass is 423 g/mol. The van der Waals surface area contributed by atoms with Gasteiger partial charge in [0.2, 0.25) is 5.91 Å². The number of hydrogen-bond donors (Lipinski definition) is 1. The van der Waals surface area contributed by atoms with E-state index >= 15 is 0 Å². The van der Waals surface area contributed by atoms with Crippen molar-refractivity contribution in [1.82, 2.24) is 15.3 Å². The summed E-state index contributed by atoms with van der Waals surface area (Å²) in [5, 5.41) is 5.72. The maximum atomic E-state index is 12.7. The molecule has 2 aromatic rings. The summed E-state index contributed by atoms with van der Waals surface area (Å²) in [5.74, 6) is 1.15. The minimum Gasteiger partial charge on any atom is -0.493 e. The fraction of sp³-hybridized carbons (Fsp3) is 0.417. The molecule has 1 heterocycles. The number of nitrogens with zero attached hydrogens (tertiary/aromatic N) is 2. The molecular weight excluding hydrogens is 394 g/mol. The Hall–Kier alpha value is -3.06. The molecule has 1 saturated carbocycles. The van der Waals surface area contributed by atoms with Gasteiger partial charge in [-0.25, -0.2) is 9.80 Å². The molecule has 1 aliphatic heterocycles. The van der Waals surface area contributed by atoms with Crippen LogP contribution >= 0.6 is 0 Å². The molecule has 1 N–H and O–H groups in total. The van der Waals surface area contributed by atoms with Gasteiger partial charge in [-0.05, 0) is 48.9 Å². The number of benzene rings is 2. The van der Waals surface area contributed by atoms with Crippen molar-refractivity contribution in [3.8, 4) is 11.5 Å². The Labute approximate surface area is 182 Å². The van der Waals surface area contributed by atoms with E-state index in [9.17, 15) is 9.59 Å². The quantitative estimate of drug-likeness (QED) is 0.759. The molecule has 0 aromatic heterocycles.